The second kappa shape index (κ2) is 12.4. The fourth-order valence-electron chi connectivity index (χ4n) is 4.35. The van der Waals surface area contributed by atoms with E-state index in [4.69, 9.17) is 9.47 Å². The number of ether oxygens (including phenoxy) is 2. The molecule has 0 unspecified atom stereocenters. The summed E-state index contributed by atoms with van der Waals surface area (Å²) in [5, 5.41) is 6.87. The third-order valence-corrected chi connectivity index (χ3v) is 6.19. The molecule has 3 N–H and O–H groups in total. The zero-order chi connectivity index (χ0) is 26.0. The molecule has 0 bridgehead atoms. The van der Waals surface area contributed by atoms with E-state index in [0.717, 1.165) is 27.6 Å². The first-order chi connectivity index (χ1) is 18.1. The van der Waals surface area contributed by atoms with E-state index in [1.165, 1.54) is 6.08 Å². The van der Waals surface area contributed by atoms with Crippen LogP contribution >= 0.6 is 0 Å². The van der Waals surface area contributed by atoms with Crippen LogP contribution in [-0.4, -0.2) is 44.1 Å². The van der Waals surface area contributed by atoms with E-state index in [9.17, 15) is 9.59 Å². The second-order valence-corrected chi connectivity index (χ2v) is 8.51. The summed E-state index contributed by atoms with van der Waals surface area (Å²) in [7, 11) is 3.22. The summed E-state index contributed by atoms with van der Waals surface area (Å²) in [4.78, 5) is 28.1. The van der Waals surface area contributed by atoms with Crippen LogP contribution in [0.25, 0.3) is 17.0 Å². The van der Waals surface area contributed by atoms with Crippen molar-refractivity contribution in [2.24, 2.45) is 0 Å². The molecule has 1 aromatic heterocycles. The molecule has 7 nitrogen and oxygen atoms in total. The van der Waals surface area contributed by atoms with Gasteiger partial charge in [0.1, 0.15) is 0 Å². The van der Waals surface area contributed by atoms with Crippen molar-refractivity contribution in [3.05, 3.63) is 102 Å². The number of hydrogen-bond donors (Lipinski definition) is 3. The number of nitrogens with one attached hydrogen (secondary N) is 3. The molecule has 0 aliphatic rings. The molecular formula is C30H31N3O4. The number of aromatic amines is 1. The molecule has 2 amide bonds. The summed E-state index contributed by atoms with van der Waals surface area (Å²) in [6.45, 7) is 0.593. The number of amides is 2. The van der Waals surface area contributed by atoms with Gasteiger partial charge in [0.05, 0.1) is 14.2 Å². The van der Waals surface area contributed by atoms with Crippen molar-refractivity contribution in [1.82, 2.24) is 15.6 Å². The summed E-state index contributed by atoms with van der Waals surface area (Å²) in [6.07, 6.45) is 5.35. The average Bonchev–Trinajstić information content (AvgIpc) is 3.36. The van der Waals surface area contributed by atoms with Gasteiger partial charge in [-0.3, -0.25) is 9.59 Å². The lowest BCUT2D eigenvalue weighted by atomic mass is 9.89. The van der Waals surface area contributed by atoms with Gasteiger partial charge in [0.2, 0.25) is 11.8 Å². The van der Waals surface area contributed by atoms with Crippen molar-refractivity contribution in [3.63, 3.8) is 0 Å². The Balaban J connectivity index is 1.43. The fourth-order valence-corrected chi connectivity index (χ4v) is 4.35. The summed E-state index contributed by atoms with van der Waals surface area (Å²) >= 11 is 0. The first kappa shape index (κ1) is 25.6. The lowest BCUT2D eigenvalue weighted by Gasteiger charge is -2.22. The quantitative estimate of drug-likeness (QED) is 0.263. The highest BCUT2D eigenvalue weighted by molar-refractivity contribution is 5.92. The molecular weight excluding hydrogens is 466 g/mol. The predicted octanol–water partition coefficient (Wildman–Crippen LogP) is 4.65. The Morgan fingerprint density at radius 1 is 0.892 bits per heavy atom. The van der Waals surface area contributed by atoms with E-state index in [2.05, 4.69) is 21.7 Å². The molecule has 0 aliphatic carbocycles. The monoisotopic (exact) mass is 497 g/mol. The van der Waals surface area contributed by atoms with Gasteiger partial charge in [-0.15, -0.1) is 0 Å². The number of benzene rings is 3. The molecule has 190 valence electrons. The lowest BCUT2D eigenvalue weighted by Crippen LogP contribution is -2.32. The van der Waals surface area contributed by atoms with Gasteiger partial charge in [-0.1, -0.05) is 60.7 Å². The Morgan fingerprint density at radius 2 is 1.68 bits per heavy atom. The Bertz CT molecular complexity index is 1380. The van der Waals surface area contributed by atoms with Gasteiger partial charge >= 0.3 is 0 Å². The summed E-state index contributed by atoms with van der Waals surface area (Å²) < 4.78 is 11.2. The second-order valence-electron chi connectivity index (χ2n) is 8.51. The van der Waals surface area contributed by atoms with Crippen molar-refractivity contribution < 1.29 is 19.1 Å². The van der Waals surface area contributed by atoms with Gasteiger partial charge in [0, 0.05) is 54.2 Å². The van der Waals surface area contributed by atoms with E-state index in [0.29, 0.717) is 18.0 Å². The Morgan fingerprint density at radius 3 is 2.46 bits per heavy atom. The molecule has 1 heterocycles. The highest BCUT2D eigenvalue weighted by Gasteiger charge is 2.24. The summed E-state index contributed by atoms with van der Waals surface area (Å²) in [6, 6.07) is 23.4. The third-order valence-electron chi connectivity index (χ3n) is 6.19. The van der Waals surface area contributed by atoms with E-state index in [1.54, 1.807) is 20.3 Å². The molecule has 1 atom stereocenters. The molecule has 0 spiro atoms. The molecule has 0 fully saturated rings. The molecule has 7 heteroatoms. The highest BCUT2D eigenvalue weighted by Crippen LogP contribution is 2.40. The molecule has 0 saturated heterocycles. The van der Waals surface area contributed by atoms with E-state index in [-0.39, 0.29) is 30.7 Å². The number of carbonyl (C=O) groups excluding carboxylic acids is 2. The van der Waals surface area contributed by atoms with Crippen molar-refractivity contribution in [1.29, 1.82) is 0 Å². The number of methoxy groups -OCH3 is 2. The number of para-hydroxylation sites is 2. The van der Waals surface area contributed by atoms with Crippen LogP contribution in [0.4, 0.5) is 0 Å². The van der Waals surface area contributed by atoms with Crippen LogP contribution in [0.5, 0.6) is 11.5 Å². The maximum absolute atomic E-state index is 12.7. The topological polar surface area (TPSA) is 92.5 Å². The first-order valence-corrected chi connectivity index (χ1v) is 12.1. The number of rotatable bonds is 11. The zero-order valence-electron chi connectivity index (χ0n) is 21.0. The smallest absolute Gasteiger partial charge is 0.244 e. The standard InChI is InChI=1S/C30H31N3O4/c1-36-27-14-8-12-23(30(27)37-2)25(24-19-32-26-13-7-6-11-22(24)26)20-33-29(35)17-18-31-28(34)16-15-21-9-4-3-5-10-21/h3-16,19,25,32H,17-18,20H2,1-2H3,(H,31,34)(H,33,35)/b16-15+/t25-/m1/s1. The van der Waals surface area contributed by atoms with E-state index >= 15 is 0 Å². The maximum Gasteiger partial charge on any atom is 0.244 e. The minimum Gasteiger partial charge on any atom is -0.493 e. The third kappa shape index (κ3) is 6.38. The summed E-state index contributed by atoms with van der Waals surface area (Å²) in [5.41, 5.74) is 3.90. The van der Waals surface area contributed by atoms with Crippen LogP contribution in [0.1, 0.15) is 29.0 Å². The van der Waals surface area contributed by atoms with Gasteiger partial charge in [-0.2, -0.15) is 0 Å². The van der Waals surface area contributed by atoms with Gasteiger partial charge in [0.25, 0.3) is 0 Å². The predicted molar refractivity (Wildman–Crippen MR) is 146 cm³/mol. The van der Waals surface area contributed by atoms with Crippen LogP contribution < -0.4 is 20.1 Å². The number of fused-ring (bicyclic) bond motifs is 1. The van der Waals surface area contributed by atoms with Crippen LogP contribution in [0, 0.1) is 0 Å². The normalized spacial score (nSPS) is 11.8. The van der Waals surface area contributed by atoms with Crippen LogP contribution in [-0.2, 0) is 9.59 Å². The number of hydrogen-bond acceptors (Lipinski definition) is 4. The number of H-pyrrole nitrogens is 1. The SMILES string of the molecule is COc1cccc([C@@H](CNC(=O)CCNC(=O)/C=C/c2ccccc2)c2c[nH]c3ccccc23)c1OC. The van der Waals surface area contributed by atoms with Crippen LogP contribution in [0.2, 0.25) is 0 Å². The lowest BCUT2D eigenvalue weighted by molar-refractivity contribution is -0.121. The van der Waals surface area contributed by atoms with Crippen molar-refractivity contribution in [2.75, 3.05) is 27.3 Å². The molecule has 0 saturated carbocycles. The Hall–Kier alpha value is -4.52. The van der Waals surface area contributed by atoms with E-state index in [1.807, 2.05) is 72.9 Å². The van der Waals surface area contributed by atoms with Crippen LogP contribution in [0.15, 0.2) is 85.1 Å². The summed E-state index contributed by atoms with van der Waals surface area (Å²) in [5.74, 6) is 0.677. The Kier molecular flexibility index (Phi) is 8.60. The van der Waals surface area contributed by atoms with Gasteiger partial charge in [-0.05, 0) is 29.3 Å². The highest BCUT2D eigenvalue weighted by atomic mass is 16.5. The maximum atomic E-state index is 12.7. The molecule has 4 rings (SSSR count). The number of aromatic nitrogens is 1. The van der Waals surface area contributed by atoms with Crippen LogP contribution in [0.3, 0.4) is 0 Å². The van der Waals surface area contributed by atoms with Crippen molar-refractivity contribution in [2.45, 2.75) is 12.3 Å². The van der Waals surface area contributed by atoms with Crippen molar-refractivity contribution in [3.8, 4) is 11.5 Å². The largest absolute Gasteiger partial charge is 0.493 e. The fraction of sp³-hybridized carbons (Fsp3) is 0.200. The van der Waals surface area contributed by atoms with Crippen molar-refractivity contribution >= 4 is 28.8 Å². The zero-order valence-corrected chi connectivity index (χ0v) is 21.0. The number of carbonyl (C=O) groups is 2. The molecule has 4 aromatic rings. The average molecular weight is 498 g/mol. The minimum absolute atomic E-state index is 0.154. The molecule has 0 aliphatic heterocycles. The molecule has 37 heavy (non-hydrogen) atoms. The van der Waals surface area contributed by atoms with Gasteiger partial charge in [0.15, 0.2) is 11.5 Å². The van der Waals surface area contributed by atoms with Gasteiger partial charge in [-0.25, -0.2) is 0 Å². The minimum atomic E-state index is -0.241. The molecule has 0 radical (unpaired) electrons. The first-order valence-electron chi connectivity index (χ1n) is 12.1. The van der Waals surface area contributed by atoms with E-state index < -0.39 is 0 Å². The Labute approximate surface area is 216 Å². The molecule has 3 aromatic carbocycles. The van der Waals surface area contributed by atoms with Gasteiger partial charge < -0.3 is 25.1 Å².